The number of aromatic nitrogens is 3. The molecule has 0 saturated carbocycles. The molecule has 0 radical (unpaired) electrons. The van der Waals surface area contributed by atoms with Gasteiger partial charge in [0.15, 0.2) is 0 Å². The lowest BCUT2D eigenvalue weighted by Gasteiger charge is -2.06. The van der Waals surface area contributed by atoms with E-state index in [2.05, 4.69) is 21.3 Å². The zero-order valence-electron chi connectivity index (χ0n) is 9.95. The standard InChI is InChI=1S/C15H9N3O/c1-2-11-6-5-7-12(10-11)19-15-13-8-3-4-9-14(13)16-18-17-15/h1,3-10H. The Balaban J connectivity index is 2.04. The number of nitrogens with zero attached hydrogens (tertiary/aromatic N) is 3. The second kappa shape index (κ2) is 4.75. The normalized spacial score (nSPS) is 10.1. The molecule has 4 heteroatoms. The van der Waals surface area contributed by atoms with E-state index >= 15 is 0 Å². The molecule has 0 aliphatic carbocycles. The van der Waals surface area contributed by atoms with Gasteiger partial charge in [0.25, 0.3) is 0 Å². The van der Waals surface area contributed by atoms with Gasteiger partial charge < -0.3 is 4.74 Å². The van der Waals surface area contributed by atoms with Crippen LogP contribution in [0.1, 0.15) is 5.56 Å². The lowest BCUT2D eigenvalue weighted by molar-refractivity contribution is 0.458. The Morgan fingerprint density at radius 2 is 1.89 bits per heavy atom. The van der Waals surface area contributed by atoms with Crippen molar-refractivity contribution in [1.29, 1.82) is 0 Å². The van der Waals surface area contributed by atoms with Gasteiger partial charge in [-0.3, -0.25) is 0 Å². The molecule has 2 aromatic carbocycles. The summed E-state index contributed by atoms with van der Waals surface area (Å²) in [6, 6.07) is 14.8. The van der Waals surface area contributed by atoms with Gasteiger partial charge in [0.1, 0.15) is 11.3 Å². The monoisotopic (exact) mass is 247 g/mol. The fourth-order valence-corrected chi connectivity index (χ4v) is 1.74. The summed E-state index contributed by atoms with van der Waals surface area (Å²) < 4.78 is 5.72. The molecule has 90 valence electrons. The van der Waals surface area contributed by atoms with E-state index in [0.29, 0.717) is 11.6 Å². The second-order valence-corrected chi connectivity index (χ2v) is 3.89. The van der Waals surface area contributed by atoms with Gasteiger partial charge in [-0.2, -0.15) is 0 Å². The number of hydrogen-bond donors (Lipinski definition) is 0. The van der Waals surface area contributed by atoms with Crippen molar-refractivity contribution in [2.75, 3.05) is 0 Å². The molecule has 1 heterocycles. The van der Waals surface area contributed by atoms with Crippen molar-refractivity contribution >= 4 is 10.9 Å². The number of benzene rings is 2. The number of terminal acetylenes is 1. The first-order chi connectivity index (χ1) is 9.36. The zero-order valence-corrected chi connectivity index (χ0v) is 9.95. The van der Waals surface area contributed by atoms with Gasteiger partial charge in [-0.1, -0.05) is 29.2 Å². The lowest BCUT2D eigenvalue weighted by Crippen LogP contribution is -1.95. The average Bonchev–Trinajstić information content (AvgIpc) is 2.48. The van der Waals surface area contributed by atoms with E-state index in [1.54, 1.807) is 6.07 Å². The Labute approximate surface area is 110 Å². The molecule has 1 aromatic heterocycles. The van der Waals surface area contributed by atoms with Gasteiger partial charge in [0.05, 0.1) is 5.39 Å². The lowest BCUT2D eigenvalue weighted by atomic mass is 10.2. The van der Waals surface area contributed by atoms with Crippen molar-refractivity contribution in [3.8, 4) is 24.0 Å². The molecule has 0 aliphatic heterocycles. The summed E-state index contributed by atoms with van der Waals surface area (Å²) in [6.45, 7) is 0. The van der Waals surface area contributed by atoms with E-state index in [-0.39, 0.29) is 0 Å². The molecular formula is C15H9N3O. The molecule has 0 fully saturated rings. The number of ether oxygens (including phenoxy) is 1. The highest BCUT2D eigenvalue weighted by Crippen LogP contribution is 2.25. The van der Waals surface area contributed by atoms with Gasteiger partial charge >= 0.3 is 0 Å². The van der Waals surface area contributed by atoms with Gasteiger partial charge in [-0.15, -0.1) is 11.5 Å². The van der Waals surface area contributed by atoms with Crippen LogP contribution in [-0.4, -0.2) is 15.4 Å². The van der Waals surface area contributed by atoms with E-state index in [4.69, 9.17) is 11.2 Å². The third-order valence-corrected chi connectivity index (χ3v) is 2.64. The second-order valence-electron chi connectivity index (χ2n) is 3.89. The molecule has 0 unspecified atom stereocenters. The summed E-state index contributed by atoms with van der Waals surface area (Å²) in [5.74, 6) is 3.60. The predicted octanol–water partition coefficient (Wildman–Crippen LogP) is 2.80. The topological polar surface area (TPSA) is 47.9 Å². The molecule has 0 atom stereocenters. The van der Waals surface area contributed by atoms with Crippen molar-refractivity contribution in [2.24, 2.45) is 0 Å². The Kier molecular flexibility index (Phi) is 2.79. The maximum absolute atomic E-state index is 5.72. The van der Waals surface area contributed by atoms with Crippen LogP contribution in [0, 0.1) is 12.3 Å². The molecule has 0 spiro atoms. The molecular weight excluding hydrogens is 238 g/mol. The molecule has 4 nitrogen and oxygen atoms in total. The van der Waals surface area contributed by atoms with Crippen LogP contribution in [0.5, 0.6) is 11.6 Å². The van der Waals surface area contributed by atoms with Crippen LogP contribution in [0.2, 0.25) is 0 Å². The minimum atomic E-state index is 0.416. The van der Waals surface area contributed by atoms with E-state index < -0.39 is 0 Å². The highest BCUT2D eigenvalue weighted by atomic mass is 16.5. The fraction of sp³-hybridized carbons (Fsp3) is 0. The minimum Gasteiger partial charge on any atom is -0.437 e. The molecule has 3 rings (SSSR count). The van der Waals surface area contributed by atoms with Crippen LogP contribution in [0.3, 0.4) is 0 Å². The minimum absolute atomic E-state index is 0.416. The van der Waals surface area contributed by atoms with Crippen LogP contribution in [0.15, 0.2) is 48.5 Å². The number of fused-ring (bicyclic) bond motifs is 1. The van der Waals surface area contributed by atoms with Crippen molar-refractivity contribution < 1.29 is 4.74 Å². The number of hydrogen-bond acceptors (Lipinski definition) is 4. The highest BCUT2D eigenvalue weighted by Gasteiger charge is 2.06. The maximum Gasteiger partial charge on any atom is 0.250 e. The Morgan fingerprint density at radius 1 is 1.00 bits per heavy atom. The van der Waals surface area contributed by atoms with Crippen LogP contribution < -0.4 is 4.74 Å². The first-order valence-corrected chi connectivity index (χ1v) is 5.69. The summed E-state index contributed by atoms with van der Waals surface area (Å²) in [4.78, 5) is 0. The molecule has 0 aliphatic rings. The average molecular weight is 247 g/mol. The first kappa shape index (κ1) is 11.2. The van der Waals surface area contributed by atoms with E-state index in [9.17, 15) is 0 Å². The Bertz CT molecular complexity index is 772. The maximum atomic E-state index is 5.72. The summed E-state index contributed by atoms with van der Waals surface area (Å²) in [5, 5.41) is 12.4. The van der Waals surface area contributed by atoms with Gasteiger partial charge in [-0.05, 0) is 35.5 Å². The van der Waals surface area contributed by atoms with Gasteiger partial charge in [0, 0.05) is 5.56 Å². The van der Waals surface area contributed by atoms with Gasteiger partial charge in [0.2, 0.25) is 5.88 Å². The first-order valence-electron chi connectivity index (χ1n) is 5.69. The molecule has 0 saturated heterocycles. The number of rotatable bonds is 2. The van der Waals surface area contributed by atoms with Crippen molar-refractivity contribution in [3.05, 3.63) is 54.1 Å². The van der Waals surface area contributed by atoms with Crippen LogP contribution in [0.25, 0.3) is 10.9 Å². The quantitative estimate of drug-likeness (QED) is 0.653. The van der Waals surface area contributed by atoms with Gasteiger partial charge in [-0.25, -0.2) is 0 Å². The molecule has 3 aromatic rings. The molecule has 0 N–H and O–H groups in total. The summed E-state index contributed by atoms with van der Waals surface area (Å²) in [7, 11) is 0. The van der Waals surface area contributed by atoms with Crippen LogP contribution in [0.4, 0.5) is 0 Å². The zero-order chi connectivity index (χ0) is 13.1. The highest BCUT2D eigenvalue weighted by molar-refractivity contribution is 5.82. The summed E-state index contributed by atoms with van der Waals surface area (Å²) >= 11 is 0. The third kappa shape index (κ3) is 2.22. The smallest absolute Gasteiger partial charge is 0.250 e. The van der Waals surface area contributed by atoms with Crippen LogP contribution >= 0.6 is 0 Å². The third-order valence-electron chi connectivity index (χ3n) is 2.64. The van der Waals surface area contributed by atoms with E-state index in [1.807, 2.05) is 42.5 Å². The van der Waals surface area contributed by atoms with Crippen molar-refractivity contribution in [3.63, 3.8) is 0 Å². The van der Waals surface area contributed by atoms with E-state index in [0.717, 1.165) is 16.5 Å². The molecule has 19 heavy (non-hydrogen) atoms. The SMILES string of the molecule is C#Cc1cccc(Oc2nnnc3ccccc23)c1. The van der Waals surface area contributed by atoms with E-state index in [1.165, 1.54) is 0 Å². The Hall–Kier alpha value is -2.93. The largest absolute Gasteiger partial charge is 0.437 e. The van der Waals surface area contributed by atoms with Crippen LogP contribution in [-0.2, 0) is 0 Å². The molecule has 0 amide bonds. The summed E-state index contributed by atoms with van der Waals surface area (Å²) in [5.41, 5.74) is 1.49. The predicted molar refractivity (Wildman–Crippen MR) is 71.8 cm³/mol. The Morgan fingerprint density at radius 3 is 2.79 bits per heavy atom. The molecule has 0 bridgehead atoms. The van der Waals surface area contributed by atoms with Crippen molar-refractivity contribution in [1.82, 2.24) is 15.4 Å². The fourth-order valence-electron chi connectivity index (χ4n) is 1.74. The summed E-state index contributed by atoms with van der Waals surface area (Å²) in [6.07, 6.45) is 5.36. The van der Waals surface area contributed by atoms with Crippen molar-refractivity contribution in [2.45, 2.75) is 0 Å².